The molecule has 0 spiro atoms. The van der Waals surface area contributed by atoms with Crippen LogP contribution >= 0.6 is 0 Å². The van der Waals surface area contributed by atoms with E-state index in [0.29, 0.717) is 48.5 Å². The van der Waals surface area contributed by atoms with Gasteiger partial charge in [0.15, 0.2) is 29.1 Å². The van der Waals surface area contributed by atoms with Gasteiger partial charge < -0.3 is 29.0 Å². The third-order valence-corrected chi connectivity index (χ3v) is 4.16. The molecule has 154 valence electrons. The molecule has 1 heterocycles. The van der Waals surface area contributed by atoms with Gasteiger partial charge in [-0.15, -0.1) is 0 Å². The number of hydrogen-bond acceptors (Lipinski definition) is 7. The molecule has 0 unspecified atom stereocenters. The van der Waals surface area contributed by atoms with E-state index >= 15 is 0 Å². The van der Waals surface area contributed by atoms with Crippen molar-refractivity contribution in [2.24, 2.45) is 0 Å². The predicted molar refractivity (Wildman–Crippen MR) is 105 cm³/mol. The Labute approximate surface area is 168 Å². The maximum absolute atomic E-state index is 12.4. The highest BCUT2D eigenvalue weighted by Crippen LogP contribution is 2.32. The van der Waals surface area contributed by atoms with Crippen molar-refractivity contribution in [1.82, 2.24) is 0 Å². The SMILES string of the molecule is CCOc1cc(C(=O)O[C@H](C)C(=O)Nc2ccc3c(c2)OCCO3)ccc1OC. The molecule has 0 aliphatic carbocycles. The second-order valence-electron chi connectivity index (χ2n) is 6.19. The number of benzene rings is 2. The summed E-state index contributed by atoms with van der Waals surface area (Å²) in [4.78, 5) is 24.8. The number of amides is 1. The van der Waals surface area contributed by atoms with E-state index in [4.69, 9.17) is 23.7 Å². The second kappa shape index (κ2) is 9.18. The van der Waals surface area contributed by atoms with Gasteiger partial charge in [-0.1, -0.05) is 0 Å². The predicted octanol–water partition coefficient (Wildman–Crippen LogP) is 3.05. The zero-order chi connectivity index (χ0) is 20.8. The Bertz CT molecular complexity index is 897. The molecule has 0 fully saturated rings. The molecule has 1 amide bonds. The zero-order valence-corrected chi connectivity index (χ0v) is 16.5. The molecule has 0 aromatic heterocycles. The van der Waals surface area contributed by atoms with E-state index in [9.17, 15) is 9.59 Å². The van der Waals surface area contributed by atoms with E-state index in [-0.39, 0.29) is 5.56 Å². The van der Waals surface area contributed by atoms with E-state index in [1.165, 1.54) is 20.1 Å². The first-order valence-electron chi connectivity index (χ1n) is 9.24. The molecule has 2 aromatic rings. The minimum absolute atomic E-state index is 0.258. The number of ether oxygens (including phenoxy) is 5. The molecule has 3 rings (SSSR count). The Hall–Kier alpha value is -3.42. The molecule has 1 N–H and O–H groups in total. The fraction of sp³-hybridized carbons (Fsp3) is 0.333. The van der Waals surface area contributed by atoms with Gasteiger partial charge in [0.1, 0.15) is 13.2 Å². The van der Waals surface area contributed by atoms with Crippen molar-refractivity contribution in [2.45, 2.75) is 20.0 Å². The van der Waals surface area contributed by atoms with Gasteiger partial charge in [-0.05, 0) is 44.2 Å². The lowest BCUT2D eigenvalue weighted by Gasteiger charge is -2.19. The van der Waals surface area contributed by atoms with E-state index < -0.39 is 18.0 Å². The second-order valence-corrected chi connectivity index (χ2v) is 6.19. The van der Waals surface area contributed by atoms with E-state index in [2.05, 4.69) is 5.32 Å². The van der Waals surface area contributed by atoms with Crippen molar-refractivity contribution < 1.29 is 33.3 Å². The van der Waals surface area contributed by atoms with Crippen LogP contribution < -0.4 is 24.3 Å². The summed E-state index contributed by atoms with van der Waals surface area (Å²) >= 11 is 0. The molecule has 8 nitrogen and oxygen atoms in total. The van der Waals surface area contributed by atoms with E-state index in [1.54, 1.807) is 30.3 Å². The lowest BCUT2D eigenvalue weighted by atomic mass is 10.2. The van der Waals surface area contributed by atoms with Crippen LogP contribution in [0.2, 0.25) is 0 Å². The number of rotatable bonds is 7. The Morgan fingerprint density at radius 2 is 1.83 bits per heavy atom. The van der Waals surface area contributed by atoms with Crippen molar-refractivity contribution in [3.63, 3.8) is 0 Å². The van der Waals surface area contributed by atoms with Crippen molar-refractivity contribution in [3.8, 4) is 23.0 Å². The van der Waals surface area contributed by atoms with Crippen LogP contribution in [0.25, 0.3) is 0 Å². The quantitative estimate of drug-likeness (QED) is 0.713. The first kappa shape index (κ1) is 20.3. The maximum atomic E-state index is 12.4. The average Bonchev–Trinajstić information content (AvgIpc) is 2.73. The fourth-order valence-electron chi connectivity index (χ4n) is 2.72. The lowest BCUT2D eigenvalue weighted by molar-refractivity contribution is -0.123. The Balaban J connectivity index is 1.63. The molecule has 1 aliphatic rings. The van der Waals surface area contributed by atoms with Crippen molar-refractivity contribution in [1.29, 1.82) is 0 Å². The highest BCUT2D eigenvalue weighted by molar-refractivity contribution is 5.97. The summed E-state index contributed by atoms with van der Waals surface area (Å²) in [6, 6.07) is 9.76. The lowest BCUT2D eigenvalue weighted by Crippen LogP contribution is -2.30. The number of nitrogens with one attached hydrogen (secondary N) is 1. The summed E-state index contributed by atoms with van der Waals surface area (Å²) in [5.41, 5.74) is 0.776. The number of esters is 1. The number of fused-ring (bicyclic) bond motifs is 1. The largest absolute Gasteiger partial charge is 0.493 e. The molecule has 8 heteroatoms. The number of methoxy groups -OCH3 is 1. The third kappa shape index (κ3) is 4.90. The third-order valence-electron chi connectivity index (χ3n) is 4.16. The molecule has 0 saturated carbocycles. The van der Waals surface area contributed by atoms with Crippen LogP contribution in [-0.4, -0.2) is 44.9 Å². The van der Waals surface area contributed by atoms with Crippen LogP contribution in [-0.2, 0) is 9.53 Å². The summed E-state index contributed by atoms with van der Waals surface area (Å²) in [6.45, 7) is 4.68. The van der Waals surface area contributed by atoms with Gasteiger partial charge in [0.25, 0.3) is 5.91 Å². The summed E-state index contributed by atoms with van der Waals surface area (Å²) in [5, 5.41) is 2.70. The van der Waals surface area contributed by atoms with Crippen LogP contribution in [0.4, 0.5) is 5.69 Å². The normalized spacial score (nSPS) is 13.2. The smallest absolute Gasteiger partial charge is 0.339 e. The number of anilines is 1. The Kier molecular flexibility index (Phi) is 6.43. The van der Waals surface area contributed by atoms with Crippen molar-refractivity contribution >= 4 is 17.6 Å². The van der Waals surface area contributed by atoms with Crippen LogP contribution in [0.1, 0.15) is 24.2 Å². The fourth-order valence-corrected chi connectivity index (χ4v) is 2.72. The van der Waals surface area contributed by atoms with Crippen LogP contribution in [0.3, 0.4) is 0 Å². The van der Waals surface area contributed by atoms with Crippen LogP contribution in [0, 0.1) is 0 Å². The molecule has 2 aromatic carbocycles. The minimum atomic E-state index is -1.01. The number of carbonyl (C=O) groups excluding carboxylic acids is 2. The maximum Gasteiger partial charge on any atom is 0.339 e. The molecule has 0 bridgehead atoms. The first-order chi connectivity index (χ1) is 14.0. The summed E-state index contributed by atoms with van der Waals surface area (Å²) < 4.78 is 26.9. The molecule has 29 heavy (non-hydrogen) atoms. The topological polar surface area (TPSA) is 92.3 Å². The van der Waals surface area contributed by atoms with Gasteiger partial charge in [-0.25, -0.2) is 4.79 Å². The minimum Gasteiger partial charge on any atom is -0.493 e. The average molecular weight is 401 g/mol. The summed E-state index contributed by atoms with van der Waals surface area (Å²) in [6.07, 6.45) is -1.01. The molecule has 0 saturated heterocycles. The van der Waals surface area contributed by atoms with Crippen LogP contribution in [0.15, 0.2) is 36.4 Å². The standard InChI is InChI=1S/C21H23NO7/c1-4-26-18-11-14(5-7-16(18)25-3)21(24)29-13(2)20(23)22-15-6-8-17-19(12-15)28-10-9-27-17/h5-8,11-13H,4,9-10H2,1-3H3,(H,22,23)/t13-/m1/s1. The molecular weight excluding hydrogens is 378 g/mol. The zero-order valence-electron chi connectivity index (χ0n) is 16.5. The molecule has 1 atom stereocenters. The number of carbonyl (C=O) groups is 2. The van der Waals surface area contributed by atoms with Crippen molar-refractivity contribution in [2.75, 3.05) is 32.2 Å². The monoisotopic (exact) mass is 401 g/mol. The van der Waals surface area contributed by atoms with Crippen molar-refractivity contribution in [3.05, 3.63) is 42.0 Å². The van der Waals surface area contributed by atoms with Gasteiger partial charge in [0, 0.05) is 11.8 Å². The first-order valence-corrected chi connectivity index (χ1v) is 9.24. The Morgan fingerprint density at radius 3 is 2.55 bits per heavy atom. The van der Waals surface area contributed by atoms with E-state index in [1.807, 2.05) is 6.92 Å². The summed E-state index contributed by atoms with van der Waals surface area (Å²) in [7, 11) is 1.51. The van der Waals surface area contributed by atoms with Gasteiger partial charge in [0.2, 0.25) is 0 Å². The highest BCUT2D eigenvalue weighted by atomic mass is 16.6. The molecule has 0 radical (unpaired) electrons. The van der Waals surface area contributed by atoms with Gasteiger partial charge in [-0.2, -0.15) is 0 Å². The summed E-state index contributed by atoms with van der Waals surface area (Å²) in [5.74, 6) is 1.01. The van der Waals surface area contributed by atoms with E-state index in [0.717, 1.165) is 0 Å². The Morgan fingerprint density at radius 1 is 1.07 bits per heavy atom. The molecule has 1 aliphatic heterocycles. The highest BCUT2D eigenvalue weighted by Gasteiger charge is 2.21. The van der Waals surface area contributed by atoms with Gasteiger partial charge in [-0.3, -0.25) is 4.79 Å². The van der Waals surface area contributed by atoms with Gasteiger partial charge in [0.05, 0.1) is 19.3 Å². The number of hydrogen-bond donors (Lipinski definition) is 1. The van der Waals surface area contributed by atoms with Gasteiger partial charge >= 0.3 is 5.97 Å². The molecular formula is C21H23NO7. The van der Waals surface area contributed by atoms with Crippen LogP contribution in [0.5, 0.6) is 23.0 Å².